The molecule has 0 N–H and O–H groups in total. The van der Waals surface area contributed by atoms with E-state index in [0.29, 0.717) is 12.8 Å². The summed E-state index contributed by atoms with van der Waals surface area (Å²) < 4.78 is 5.25. The van der Waals surface area contributed by atoms with E-state index in [2.05, 4.69) is 25.9 Å². The lowest BCUT2D eigenvalue weighted by molar-refractivity contribution is -0.126. The summed E-state index contributed by atoms with van der Waals surface area (Å²) in [6.07, 6.45) is 1.15. The van der Waals surface area contributed by atoms with Crippen LogP contribution in [0.25, 0.3) is 0 Å². The number of rotatable bonds is 3. The Bertz CT molecular complexity index is 391. The molecular formula is C14H23NO2. The summed E-state index contributed by atoms with van der Waals surface area (Å²) >= 11 is 0. The minimum absolute atomic E-state index is 0.00418. The molecule has 1 aromatic rings. The number of carbonyl (C=O) groups excluding carboxylic acids is 1. The average molecular weight is 237 g/mol. The average Bonchev–Trinajstić information content (AvgIpc) is 2.59. The van der Waals surface area contributed by atoms with Gasteiger partial charge < -0.3 is 4.52 Å². The fourth-order valence-electron chi connectivity index (χ4n) is 1.40. The van der Waals surface area contributed by atoms with Crippen LogP contribution in [0.3, 0.4) is 0 Å². The summed E-state index contributed by atoms with van der Waals surface area (Å²) in [5.74, 6) is 1.05. The second-order valence-corrected chi connectivity index (χ2v) is 6.60. The molecule has 3 nitrogen and oxygen atoms in total. The lowest BCUT2D eigenvalue weighted by Crippen LogP contribution is -2.20. The van der Waals surface area contributed by atoms with Gasteiger partial charge in [-0.25, -0.2) is 0 Å². The van der Waals surface area contributed by atoms with Crippen LogP contribution in [-0.4, -0.2) is 10.9 Å². The summed E-state index contributed by atoms with van der Waals surface area (Å²) in [7, 11) is 0. The Balaban J connectivity index is 2.60. The smallest absolute Gasteiger partial charge is 0.138 e. The van der Waals surface area contributed by atoms with Gasteiger partial charge in [-0.05, 0) is 0 Å². The molecule has 17 heavy (non-hydrogen) atoms. The summed E-state index contributed by atoms with van der Waals surface area (Å²) in [5, 5.41) is 4.04. The van der Waals surface area contributed by atoms with Crippen LogP contribution < -0.4 is 0 Å². The highest BCUT2D eigenvalue weighted by molar-refractivity contribution is 5.83. The van der Waals surface area contributed by atoms with Gasteiger partial charge in [0.05, 0.1) is 5.69 Å². The molecule has 0 atom stereocenters. The van der Waals surface area contributed by atoms with E-state index < -0.39 is 0 Å². The number of hydrogen-bond donors (Lipinski definition) is 0. The van der Waals surface area contributed by atoms with Crippen LogP contribution in [0.2, 0.25) is 0 Å². The van der Waals surface area contributed by atoms with E-state index in [1.54, 1.807) is 0 Å². The van der Waals surface area contributed by atoms with Crippen molar-refractivity contribution in [2.45, 2.75) is 59.8 Å². The third-order valence-electron chi connectivity index (χ3n) is 2.76. The first-order chi connectivity index (χ1) is 7.60. The zero-order valence-electron chi connectivity index (χ0n) is 11.8. The maximum Gasteiger partial charge on any atom is 0.138 e. The van der Waals surface area contributed by atoms with E-state index in [-0.39, 0.29) is 16.6 Å². The lowest BCUT2D eigenvalue weighted by Gasteiger charge is -2.15. The van der Waals surface area contributed by atoms with Gasteiger partial charge in [-0.15, -0.1) is 0 Å². The summed E-state index contributed by atoms with van der Waals surface area (Å²) in [6.45, 7) is 12.1. The molecule has 1 rings (SSSR count). The molecule has 0 saturated heterocycles. The molecule has 1 aromatic heterocycles. The fraction of sp³-hybridized carbons (Fsp3) is 0.714. The van der Waals surface area contributed by atoms with Crippen LogP contribution in [0.1, 0.15) is 59.4 Å². The first-order valence-corrected chi connectivity index (χ1v) is 6.10. The fourth-order valence-corrected chi connectivity index (χ4v) is 1.40. The van der Waals surface area contributed by atoms with Gasteiger partial charge in [0, 0.05) is 29.7 Å². The third kappa shape index (κ3) is 3.99. The molecule has 0 spiro atoms. The Labute approximate surface area is 104 Å². The summed E-state index contributed by atoms with van der Waals surface area (Å²) in [6, 6.07) is 1.95. The predicted molar refractivity (Wildman–Crippen MR) is 68.0 cm³/mol. The van der Waals surface area contributed by atoms with Crippen molar-refractivity contribution in [2.24, 2.45) is 5.41 Å². The van der Waals surface area contributed by atoms with Gasteiger partial charge in [-0.3, -0.25) is 4.79 Å². The second-order valence-electron chi connectivity index (χ2n) is 6.60. The minimum Gasteiger partial charge on any atom is -0.361 e. The molecule has 0 aliphatic heterocycles. The summed E-state index contributed by atoms with van der Waals surface area (Å²) in [5.41, 5.74) is 0.665. The van der Waals surface area contributed by atoms with Crippen molar-refractivity contribution in [3.05, 3.63) is 17.5 Å². The topological polar surface area (TPSA) is 43.1 Å². The molecule has 1 heterocycles. The van der Waals surface area contributed by atoms with Gasteiger partial charge in [0.25, 0.3) is 0 Å². The molecule has 0 aliphatic carbocycles. The number of ketones is 1. The minimum atomic E-state index is -0.271. The van der Waals surface area contributed by atoms with E-state index in [0.717, 1.165) is 11.5 Å². The van der Waals surface area contributed by atoms with Gasteiger partial charge >= 0.3 is 0 Å². The zero-order chi connectivity index (χ0) is 13.3. The Kier molecular flexibility index (Phi) is 3.80. The van der Waals surface area contributed by atoms with Crippen LogP contribution in [0.4, 0.5) is 0 Å². The molecular weight excluding hydrogens is 214 g/mol. The highest BCUT2D eigenvalue weighted by Crippen LogP contribution is 2.23. The molecule has 0 unspecified atom stereocenters. The van der Waals surface area contributed by atoms with Gasteiger partial charge in [-0.1, -0.05) is 46.7 Å². The predicted octanol–water partition coefficient (Wildman–Crippen LogP) is 3.52. The number of carbonyl (C=O) groups is 1. The molecule has 0 radical (unpaired) electrons. The number of hydrogen-bond acceptors (Lipinski definition) is 3. The Morgan fingerprint density at radius 3 is 2.24 bits per heavy atom. The molecule has 0 fully saturated rings. The van der Waals surface area contributed by atoms with Gasteiger partial charge in [0.15, 0.2) is 0 Å². The van der Waals surface area contributed by atoms with E-state index in [9.17, 15) is 4.79 Å². The van der Waals surface area contributed by atoms with Crippen molar-refractivity contribution in [3.8, 4) is 0 Å². The molecule has 0 aliphatic rings. The normalized spacial score (nSPS) is 12.8. The molecule has 96 valence electrons. The van der Waals surface area contributed by atoms with Gasteiger partial charge in [-0.2, -0.15) is 0 Å². The highest BCUT2D eigenvalue weighted by atomic mass is 16.5. The van der Waals surface area contributed by atoms with Crippen LogP contribution in [0.5, 0.6) is 0 Å². The maximum atomic E-state index is 11.8. The SMILES string of the molecule is CC(C)(C)C(=O)CCc1cc(C(C)(C)C)no1. The number of aromatic nitrogens is 1. The van der Waals surface area contributed by atoms with Crippen LogP contribution in [0.15, 0.2) is 10.6 Å². The van der Waals surface area contributed by atoms with Crippen molar-refractivity contribution in [1.29, 1.82) is 0 Å². The van der Waals surface area contributed by atoms with E-state index in [1.807, 2.05) is 26.8 Å². The molecule has 0 amide bonds. The molecule has 0 saturated carbocycles. The highest BCUT2D eigenvalue weighted by Gasteiger charge is 2.22. The zero-order valence-corrected chi connectivity index (χ0v) is 11.8. The maximum absolute atomic E-state index is 11.8. The Hall–Kier alpha value is -1.12. The van der Waals surface area contributed by atoms with Crippen molar-refractivity contribution < 1.29 is 9.32 Å². The van der Waals surface area contributed by atoms with Crippen LogP contribution >= 0.6 is 0 Å². The van der Waals surface area contributed by atoms with Crippen molar-refractivity contribution in [1.82, 2.24) is 5.16 Å². The van der Waals surface area contributed by atoms with Crippen molar-refractivity contribution in [3.63, 3.8) is 0 Å². The van der Waals surface area contributed by atoms with Crippen LogP contribution in [0, 0.1) is 5.41 Å². The quantitative estimate of drug-likeness (QED) is 0.807. The lowest BCUT2D eigenvalue weighted by atomic mass is 9.87. The largest absolute Gasteiger partial charge is 0.361 e. The third-order valence-corrected chi connectivity index (χ3v) is 2.76. The van der Waals surface area contributed by atoms with Gasteiger partial charge in [0.1, 0.15) is 11.5 Å². The van der Waals surface area contributed by atoms with E-state index in [1.165, 1.54) is 0 Å². The van der Waals surface area contributed by atoms with Gasteiger partial charge in [0.2, 0.25) is 0 Å². The Morgan fingerprint density at radius 2 is 1.82 bits per heavy atom. The standard InChI is InChI=1S/C14H23NO2/c1-13(2,3)11-9-10(17-15-11)7-8-12(16)14(4,5)6/h9H,7-8H2,1-6H3. The molecule has 0 bridgehead atoms. The summed E-state index contributed by atoms with van der Waals surface area (Å²) in [4.78, 5) is 11.8. The Morgan fingerprint density at radius 1 is 1.24 bits per heavy atom. The molecule has 0 aromatic carbocycles. The number of nitrogens with zero attached hydrogens (tertiary/aromatic N) is 1. The van der Waals surface area contributed by atoms with E-state index >= 15 is 0 Å². The monoisotopic (exact) mass is 237 g/mol. The number of aryl methyl sites for hydroxylation is 1. The first-order valence-electron chi connectivity index (χ1n) is 6.10. The van der Waals surface area contributed by atoms with Crippen molar-refractivity contribution in [2.75, 3.05) is 0 Å². The first kappa shape index (κ1) is 13.9. The van der Waals surface area contributed by atoms with Crippen LogP contribution in [-0.2, 0) is 16.6 Å². The van der Waals surface area contributed by atoms with E-state index in [4.69, 9.17) is 4.52 Å². The second kappa shape index (κ2) is 4.63. The van der Waals surface area contributed by atoms with Crippen molar-refractivity contribution >= 4 is 5.78 Å². The molecule has 3 heteroatoms. The number of Topliss-reactive ketones (excluding diaryl/α,β-unsaturated/α-hetero) is 1.